The molecule has 0 aliphatic rings. The highest BCUT2D eigenvalue weighted by Gasteiger charge is 2.36. The molecule has 0 radical (unpaired) electrons. The Bertz CT molecular complexity index is 920. The first-order chi connectivity index (χ1) is 12.4. The average Bonchev–Trinajstić information content (AvgIpc) is 3.13. The number of hydrogen-bond acceptors (Lipinski definition) is 5. The molecule has 148 valence electrons. The number of rotatable bonds is 1. The lowest BCUT2D eigenvalue weighted by molar-refractivity contribution is -0.0517. The summed E-state index contributed by atoms with van der Waals surface area (Å²) in [6.45, 7) is 0. The van der Waals surface area contributed by atoms with E-state index in [1.165, 1.54) is 10.3 Å². The minimum Gasteiger partial charge on any atom is -0.741 e. The van der Waals surface area contributed by atoms with Gasteiger partial charge in [0.2, 0.25) is 0 Å². The van der Waals surface area contributed by atoms with Crippen molar-refractivity contribution in [3.63, 3.8) is 0 Å². The van der Waals surface area contributed by atoms with Crippen LogP contribution in [-0.2, 0) is 21.0 Å². The summed E-state index contributed by atoms with van der Waals surface area (Å²) < 4.78 is 58.9. The molecule has 0 fully saturated rings. The minimum absolute atomic E-state index is 0.227. The number of alkyl halides is 3. The lowest BCUT2D eigenvalue weighted by atomic mass is 10.1. The van der Waals surface area contributed by atoms with Crippen molar-refractivity contribution in [2.75, 3.05) is 12.5 Å². The Morgan fingerprint density at radius 3 is 1.81 bits per heavy atom. The Balaban J connectivity index is 0.000000236. The molecule has 0 bridgehead atoms. The molecule has 0 saturated heterocycles. The summed E-state index contributed by atoms with van der Waals surface area (Å²) in [5, 5.41) is 15.9. The van der Waals surface area contributed by atoms with Crippen molar-refractivity contribution in [2.24, 2.45) is 0 Å². The van der Waals surface area contributed by atoms with Crippen LogP contribution in [-0.4, -0.2) is 36.1 Å². The molecule has 3 aromatic rings. The molecule has 2 aromatic carbocycles. The van der Waals surface area contributed by atoms with Gasteiger partial charge in [-0.1, -0.05) is 30.3 Å². The SMILES string of the molecule is C[S+](C)c1ccc(O)c2ccccc12.O=S(=O)([O-])C(F)(F)F.c1ccsc1. The quantitative estimate of drug-likeness (QED) is 0.343. The van der Waals surface area contributed by atoms with E-state index in [0.717, 1.165) is 5.39 Å². The fraction of sp³-hybridized carbons (Fsp3) is 0.176. The van der Waals surface area contributed by atoms with Crippen molar-refractivity contribution < 1.29 is 31.2 Å². The number of benzene rings is 2. The summed E-state index contributed by atoms with van der Waals surface area (Å²) in [5.41, 5.74) is -5.65. The van der Waals surface area contributed by atoms with Gasteiger partial charge in [-0.05, 0) is 29.0 Å². The van der Waals surface area contributed by atoms with Gasteiger partial charge in [0.05, 0.1) is 0 Å². The zero-order valence-corrected chi connectivity index (χ0v) is 16.8. The van der Waals surface area contributed by atoms with Gasteiger partial charge in [-0.3, -0.25) is 0 Å². The average molecular weight is 439 g/mol. The summed E-state index contributed by atoms with van der Waals surface area (Å²) >= 11 is 1.71. The summed E-state index contributed by atoms with van der Waals surface area (Å²) in [4.78, 5) is 1.32. The second-order valence-electron chi connectivity index (χ2n) is 5.14. The molecule has 0 spiro atoms. The van der Waals surface area contributed by atoms with E-state index in [1.807, 2.05) is 47.2 Å². The van der Waals surface area contributed by atoms with Crippen LogP contribution in [0.5, 0.6) is 5.75 Å². The number of aromatic hydroxyl groups is 1. The predicted molar refractivity (Wildman–Crippen MR) is 103 cm³/mol. The Labute approximate surface area is 162 Å². The third-order valence-electron chi connectivity index (χ3n) is 3.01. The lowest BCUT2D eigenvalue weighted by Gasteiger charge is -2.08. The number of phenols is 1. The van der Waals surface area contributed by atoms with Crippen molar-refractivity contribution >= 4 is 43.1 Å². The van der Waals surface area contributed by atoms with Crippen molar-refractivity contribution in [1.82, 2.24) is 0 Å². The van der Waals surface area contributed by atoms with Crippen molar-refractivity contribution in [3.05, 3.63) is 59.3 Å². The highest BCUT2D eigenvalue weighted by Crippen LogP contribution is 2.29. The number of phenolic OH excluding ortho intramolecular Hbond substituents is 1. The molecule has 0 unspecified atom stereocenters. The topological polar surface area (TPSA) is 77.4 Å². The van der Waals surface area contributed by atoms with Crippen LogP contribution in [0.25, 0.3) is 10.8 Å². The van der Waals surface area contributed by atoms with Gasteiger partial charge in [0, 0.05) is 21.7 Å². The Kier molecular flexibility index (Phi) is 8.60. The number of fused-ring (bicyclic) bond motifs is 1. The van der Waals surface area contributed by atoms with Crippen LogP contribution in [0.4, 0.5) is 13.2 Å². The van der Waals surface area contributed by atoms with Gasteiger partial charge < -0.3 is 9.66 Å². The fourth-order valence-electron chi connectivity index (χ4n) is 1.84. The van der Waals surface area contributed by atoms with Crippen LogP contribution >= 0.6 is 11.3 Å². The Morgan fingerprint density at radius 2 is 1.44 bits per heavy atom. The molecular weight excluding hydrogens is 421 g/mol. The molecule has 4 nitrogen and oxygen atoms in total. The normalized spacial score (nSPS) is 11.4. The molecule has 1 heterocycles. The minimum atomic E-state index is -6.09. The van der Waals surface area contributed by atoms with Gasteiger partial charge in [0.15, 0.2) is 15.0 Å². The molecule has 1 aromatic heterocycles. The summed E-state index contributed by atoms with van der Waals surface area (Å²) in [5.74, 6) is 0.370. The highest BCUT2D eigenvalue weighted by molar-refractivity contribution is 7.95. The van der Waals surface area contributed by atoms with E-state index in [-0.39, 0.29) is 10.9 Å². The van der Waals surface area contributed by atoms with Crippen LogP contribution in [0.15, 0.2) is 64.2 Å². The Hall–Kier alpha value is -1.75. The van der Waals surface area contributed by atoms with E-state index in [0.29, 0.717) is 5.75 Å². The van der Waals surface area contributed by atoms with Crippen molar-refractivity contribution in [3.8, 4) is 5.75 Å². The number of hydrogen-bond donors (Lipinski definition) is 1. The number of thiophene rings is 1. The first kappa shape index (κ1) is 23.3. The predicted octanol–water partition coefficient (Wildman–Crippen LogP) is 4.58. The Morgan fingerprint density at radius 1 is 0.963 bits per heavy atom. The van der Waals surface area contributed by atoms with Gasteiger partial charge in [0.1, 0.15) is 18.3 Å². The monoisotopic (exact) mass is 438 g/mol. The van der Waals surface area contributed by atoms with Gasteiger partial charge in [-0.15, -0.1) is 0 Å². The van der Waals surface area contributed by atoms with Crippen LogP contribution in [0.2, 0.25) is 0 Å². The summed E-state index contributed by atoms with van der Waals surface area (Å²) in [7, 11) is -5.86. The molecule has 0 amide bonds. The maximum atomic E-state index is 10.7. The van der Waals surface area contributed by atoms with Crippen LogP contribution in [0.3, 0.4) is 0 Å². The first-order valence-corrected chi connectivity index (χ1v) is 11.6. The molecule has 27 heavy (non-hydrogen) atoms. The number of halogens is 3. The van der Waals surface area contributed by atoms with Crippen LogP contribution in [0.1, 0.15) is 0 Å². The summed E-state index contributed by atoms with van der Waals surface area (Å²) in [6.07, 6.45) is 4.39. The molecule has 3 rings (SSSR count). The molecule has 1 N–H and O–H groups in total. The zero-order chi connectivity index (χ0) is 20.7. The van der Waals surface area contributed by atoms with E-state index in [2.05, 4.69) is 18.6 Å². The van der Waals surface area contributed by atoms with Gasteiger partial charge in [-0.2, -0.15) is 24.5 Å². The molecule has 0 aliphatic carbocycles. The molecular formula is C17H17F3O4S3. The van der Waals surface area contributed by atoms with E-state index in [4.69, 9.17) is 13.0 Å². The van der Waals surface area contributed by atoms with Crippen LogP contribution in [0, 0.1) is 0 Å². The second-order valence-corrected chi connectivity index (χ2v) is 9.40. The third kappa shape index (κ3) is 7.41. The smallest absolute Gasteiger partial charge is 0.485 e. The molecule has 0 saturated carbocycles. The molecule has 10 heteroatoms. The highest BCUT2D eigenvalue weighted by atomic mass is 32.2. The third-order valence-corrected chi connectivity index (χ3v) is 5.44. The van der Waals surface area contributed by atoms with E-state index in [9.17, 15) is 18.3 Å². The zero-order valence-electron chi connectivity index (χ0n) is 14.3. The van der Waals surface area contributed by atoms with Gasteiger partial charge in [-0.25, -0.2) is 8.42 Å². The van der Waals surface area contributed by atoms with Gasteiger partial charge >= 0.3 is 5.51 Å². The first-order valence-electron chi connectivity index (χ1n) is 7.22. The molecule has 0 aliphatic heterocycles. The van der Waals surface area contributed by atoms with E-state index >= 15 is 0 Å². The maximum absolute atomic E-state index is 10.7. The lowest BCUT2D eigenvalue weighted by Crippen LogP contribution is -2.21. The largest absolute Gasteiger partial charge is 0.741 e. The molecule has 0 atom stereocenters. The van der Waals surface area contributed by atoms with Crippen molar-refractivity contribution in [1.29, 1.82) is 0 Å². The fourth-order valence-corrected chi connectivity index (χ4v) is 3.25. The maximum Gasteiger partial charge on any atom is 0.485 e. The van der Waals surface area contributed by atoms with E-state index in [1.54, 1.807) is 17.4 Å². The van der Waals surface area contributed by atoms with Gasteiger partial charge in [0.25, 0.3) is 0 Å². The standard InChI is InChI=1S/C12H12OS.C4H4S.CHF3O3S/c1-14(2)12-8-7-11(13)9-5-3-4-6-10(9)12;1-2-4-5-3-1;2-1(3,4)8(5,6)7/h3-8H,1-2H3;1-4H;(H,5,6,7). The second kappa shape index (κ2) is 9.98. The van der Waals surface area contributed by atoms with Crippen LogP contribution < -0.4 is 0 Å². The summed E-state index contributed by atoms with van der Waals surface area (Å²) in [6, 6.07) is 15.8. The van der Waals surface area contributed by atoms with E-state index < -0.39 is 15.6 Å². The van der Waals surface area contributed by atoms with Crippen molar-refractivity contribution in [2.45, 2.75) is 10.4 Å².